The average molecular weight is 251 g/mol. The van der Waals surface area contributed by atoms with E-state index in [1.165, 1.54) is 4.90 Å². The van der Waals surface area contributed by atoms with Crippen LogP contribution in [0.5, 0.6) is 0 Å². The summed E-state index contributed by atoms with van der Waals surface area (Å²) in [5.74, 6) is 1.11. The van der Waals surface area contributed by atoms with Gasteiger partial charge in [0, 0.05) is 13.1 Å². The molecule has 98 valence electrons. The van der Waals surface area contributed by atoms with Gasteiger partial charge in [0.2, 0.25) is 0 Å². The molecule has 2 heterocycles. The summed E-state index contributed by atoms with van der Waals surface area (Å²) in [5.41, 5.74) is 5.49. The van der Waals surface area contributed by atoms with Crippen LogP contribution in [0.15, 0.2) is 12.1 Å². The van der Waals surface area contributed by atoms with E-state index in [9.17, 15) is 4.79 Å². The Bertz CT molecular complexity index is 424. The molecule has 0 spiro atoms. The number of carboxylic acid groups (broad SMARTS) is 1. The molecule has 0 radical (unpaired) electrons. The summed E-state index contributed by atoms with van der Waals surface area (Å²) in [7, 11) is 0. The molecule has 1 aliphatic rings. The Morgan fingerprint density at radius 1 is 1.33 bits per heavy atom. The number of nitrogen functional groups attached to an aromatic ring is 1. The van der Waals surface area contributed by atoms with Crippen LogP contribution in [0.3, 0.4) is 0 Å². The monoisotopic (exact) mass is 251 g/mol. The van der Waals surface area contributed by atoms with Gasteiger partial charge in [-0.3, -0.25) is 4.90 Å². The topological polar surface area (TPSA) is 95.6 Å². The summed E-state index contributed by atoms with van der Waals surface area (Å²) in [5, 5.41) is 17.0. The van der Waals surface area contributed by atoms with Gasteiger partial charge in [-0.1, -0.05) is 0 Å². The quantitative estimate of drug-likeness (QED) is 0.760. The second-order valence-electron chi connectivity index (χ2n) is 4.61. The van der Waals surface area contributed by atoms with Crippen molar-refractivity contribution >= 4 is 17.7 Å². The van der Waals surface area contributed by atoms with Crippen molar-refractivity contribution in [3.05, 3.63) is 12.1 Å². The summed E-state index contributed by atoms with van der Waals surface area (Å²) >= 11 is 0. The number of nitrogens with two attached hydrogens (primary N) is 1. The third kappa shape index (κ3) is 2.29. The minimum absolute atomic E-state index is 0.0781. The average Bonchev–Trinajstić information content (AvgIpc) is 2.28. The maximum atomic E-state index is 11.1. The predicted molar refractivity (Wildman–Crippen MR) is 67.4 cm³/mol. The number of hydrogen-bond donors (Lipinski definition) is 2. The molecular formula is C11H17N5O2. The van der Waals surface area contributed by atoms with Crippen LogP contribution in [-0.2, 0) is 0 Å². The van der Waals surface area contributed by atoms with Crippen molar-refractivity contribution in [3.8, 4) is 0 Å². The second-order valence-corrected chi connectivity index (χ2v) is 4.61. The zero-order chi connectivity index (χ0) is 13.3. The van der Waals surface area contributed by atoms with Gasteiger partial charge in [-0.05, 0) is 26.0 Å². The number of amides is 1. The first-order chi connectivity index (χ1) is 8.49. The van der Waals surface area contributed by atoms with E-state index in [2.05, 4.69) is 10.2 Å². The fourth-order valence-electron chi connectivity index (χ4n) is 2.39. The highest BCUT2D eigenvalue weighted by atomic mass is 16.4. The first kappa shape index (κ1) is 12.4. The van der Waals surface area contributed by atoms with E-state index >= 15 is 0 Å². The normalized spacial score (nSPS) is 24.1. The zero-order valence-corrected chi connectivity index (χ0v) is 10.4. The summed E-state index contributed by atoms with van der Waals surface area (Å²) in [6, 6.07) is 3.34. The number of rotatable bonds is 1. The third-order valence-electron chi connectivity index (χ3n) is 3.13. The Hall–Kier alpha value is -2.05. The molecule has 0 saturated carbocycles. The minimum Gasteiger partial charge on any atom is -0.465 e. The van der Waals surface area contributed by atoms with E-state index in [-0.39, 0.29) is 12.1 Å². The molecule has 3 N–H and O–H groups in total. The van der Waals surface area contributed by atoms with E-state index < -0.39 is 6.09 Å². The Kier molecular flexibility index (Phi) is 3.22. The van der Waals surface area contributed by atoms with Crippen molar-refractivity contribution in [2.24, 2.45) is 0 Å². The molecule has 7 nitrogen and oxygen atoms in total. The van der Waals surface area contributed by atoms with Gasteiger partial charge in [0.1, 0.15) is 5.82 Å². The molecule has 0 unspecified atom stereocenters. The first-order valence-corrected chi connectivity index (χ1v) is 5.84. The Morgan fingerprint density at radius 2 is 1.94 bits per heavy atom. The molecule has 0 aromatic carbocycles. The zero-order valence-electron chi connectivity index (χ0n) is 10.4. The van der Waals surface area contributed by atoms with Crippen LogP contribution < -0.4 is 10.6 Å². The van der Waals surface area contributed by atoms with Crippen LogP contribution in [0.25, 0.3) is 0 Å². The van der Waals surface area contributed by atoms with E-state index in [1.807, 2.05) is 18.7 Å². The molecule has 1 saturated heterocycles. The van der Waals surface area contributed by atoms with E-state index in [0.29, 0.717) is 18.9 Å². The Balaban J connectivity index is 2.15. The lowest BCUT2D eigenvalue weighted by atomic mass is 10.1. The molecule has 1 amide bonds. The van der Waals surface area contributed by atoms with Gasteiger partial charge >= 0.3 is 6.09 Å². The van der Waals surface area contributed by atoms with Gasteiger partial charge in [-0.2, -0.15) is 0 Å². The number of piperazine rings is 1. The SMILES string of the molecule is C[C@@H]1CN(c2ccc(N)nn2)C[C@H](C)N1C(=O)O. The van der Waals surface area contributed by atoms with Crippen molar-refractivity contribution in [1.82, 2.24) is 15.1 Å². The number of hydrogen-bond acceptors (Lipinski definition) is 5. The number of nitrogens with zero attached hydrogens (tertiary/aromatic N) is 4. The molecule has 1 aromatic heterocycles. The molecule has 7 heteroatoms. The van der Waals surface area contributed by atoms with E-state index in [0.717, 1.165) is 5.82 Å². The van der Waals surface area contributed by atoms with Crippen LogP contribution in [0.4, 0.5) is 16.4 Å². The fourth-order valence-corrected chi connectivity index (χ4v) is 2.39. The van der Waals surface area contributed by atoms with Crippen LogP contribution in [0.2, 0.25) is 0 Å². The lowest BCUT2D eigenvalue weighted by Crippen LogP contribution is -2.58. The molecule has 18 heavy (non-hydrogen) atoms. The van der Waals surface area contributed by atoms with Crippen LogP contribution in [-0.4, -0.2) is 51.5 Å². The Labute approximate surface area is 105 Å². The number of carbonyl (C=O) groups is 1. The van der Waals surface area contributed by atoms with Crippen LogP contribution in [0, 0.1) is 0 Å². The molecule has 0 bridgehead atoms. The lowest BCUT2D eigenvalue weighted by molar-refractivity contribution is 0.0980. The van der Waals surface area contributed by atoms with Crippen LogP contribution >= 0.6 is 0 Å². The molecule has 2 rings (SSSR count). The molecule has 2 atom stereocenters. The van der Waals surface area contributed by atoms with Crippen molar-refractivity contribution < 1.29 is 9.90 Å². The predicted octanol–water partition coefficient (Wildman–Crippen LogP) is 0.636. The van der Waals surface area contributed by atoms with Crippen molar-refractivity contribution in [3.63, 3.8) is 0 Å². The molecule has 1 fully saturated rings. The molecule has 1 aliphatic heterocycles. The molecule has 1 aromatic rings. The molecule has 0 aliphatic carbocycles. The molecular weight excluding hydrogens is 234 g/mol. The number of aromatic nitrogens is 2. The highest BCUT2D eigenvalue weighted by Gasteiger charge is 2.33. The summed E-state index contributed by atoms with van der Waals surface area (Å²) in [6.07, 6.45) is -0.877. The summed E-state index contributed by atoms with van der Waals surface area (Å²) in [6.45, 7) is 4.99. The van der Waals surface area contributed by atoms with Gasteiger partial charge in [0.25, 0.3) is 0 Å². The number of anilines is 2. The standard InChI is InChI=1S/C11H17N5O2/c1-7-5-15(6-8(2)16(7)11(17)18)10-4-3-9(12)13-14-10/h3-4,7-8H,5-6H2,1-2H3,(H2,12,13)(H,17,18)/t7-,8+. The van der Waals surface area contributed by atoms with E-state index in [4.69, 9.17) is 10.8 Å². The van der Waals surface area contributed by atoms with Gasteiger partial charge in [-0.25, -0.2) is 4.79 Å². The maximum Gasteiger partial charge on any atom is 0.407 e. The Morgan fingerprint density at radius 3 is 2.39 bits per heavy atom. The van der Waals surface area contributed by atoms with Gasteiger partial charge in [-0.15, -0.1) is 10.2 Å². The summed E-state index contributed by atoms with van der Waals surface area (Å²) < 4.78 is 0. The van der Waals surface area contributed by atoms with Gasteiger partial charge in [0.15, 0.2) is 5.82 Å². The minimum atomic E-state index is -0.877. The van der Waals surface area contributed by atoms with Gasteiger partial charge < -0.3 is 15.7 Å². The second kappa shape index (κ2) is 4.67. The highest BCUT2D eigenvalue weighted by molar-refractivity contribution is 5.66. The van der Waals surface area contributed by atoms with E-state index in [1.54, 1.807) is 12.1 Å². The fraction of sp³-hybridized carbons (Fsp3) is 0.545. The maximum absolute atomic E-state index is 11.1. The van der Waals surface area contributed by atoms with Crippen molar-refractivity contribution in [2.45, 2.75) is 25.9 Å². The lowest BCUT2D eigenvalue weighted by Gasteiger charge is -2.43. The summed E-state index contributed by atoms with van der Waals surface area (Å²) in [4.78, 5) is 14.6. The largest absolute Gasteiger partial charge is 0.465 e. The van der Waals surface area contributed by atoms with Gasteiger partial charge in [0.05, 0.1) is 12.1 Å². The highest BCUT2D eigenvalue weighted by Crippen LogP contribution is 2.20. The first-order valence-electron chi connectivity index (χ1n) is 5.84. The van der Waals surface area contributed by atoms with Crippen LogP contribution in [0.1, 0.15) is 13.8 Å². The van der Waals surface area contributed by atoms with Crippen molar-refractivity contribution in [2.75, 3.05) is 23.7 Å². The third-order valence-corrected chi connectivity index (χ3v) is 3.13. The smallest absolute Gasteiger partial charge is 0.407 e. The van der Waals surface area contributed by atoms with Crippen molar-refractivity contribution in [1.29, 1.82) is 0 Å².